The van der Waals surface area contributed by atoms with Gasteiger partial charge < -0.3 is 10.6 Å². The number of sulfonamides is 1. The standard InChI is InChI=1S/C22H19ClFN3O3S/c23-19-12-16(8-11-20(19)24)25-22(28)26-21-13-17(31(29,30)27-15-6-7-15)9-10-18(21)14-4-2-1-3-5-14/h1-5,8-13,15,27H,6-7H2,(H2,25,26,28). The molecule has 1 saturated carbocycles. The van der Waals surface area contributed by atoms with Gasteiger partial charge in [-0.1, -0.05) is 48.0 Å². The van der Waals surface area contributed by atoms with Gasteiger partial charge in [0.05, 0.1) is 15.6 Å². The molecule has 0 radical (unpaired) electrons. The van der Waals surface area contributed by atoms with Gasteiger partial charge in [0.1, 0.15) is 5.82 Å². The van der Waals surface area contributed by atoms with Crippen LogP contribution in [0.5, 0.6) is 0 Å². The maximum absolute atomic E-state index is 13.4. The van der Waals surface area contributed by atoms with Crippen molar-refractivity contribution in [3.63, 3.8) is 0 Å². The highest BCUT2D eigenvalue weighted by Gasteiger charge is 2.28. The number of carbonyl (C=O) groups excluding carboxylic acids is 1. The molecule has 4 rings (SSSR count). The number of hydrogen-bond donors (Lipinski definition) is 3. The van der Waals surface area contributed by atoms with Crippen molar-refractivity contribution in [3.8, 4) is 11.1 Å². The summed E-state index contributed by atoms with van der Waals surface area (Å²) in [6.45, 7) is 0. The van der Waals surface area contributed by atoms with E-state index < -0.39 is 21.9 Å². The molecule has 3 aromatic rings. The topological polar surface area (TPSA) is 87.3 Å². The number of benzene rings is 3. The summed E-state index contributed by atoms with van der Waals surface area (Å²) in [5, 5.41) is 5.14. The zero-order valence-corrected chi connectivity index (χ0v) is 17.8. The van der Waals surface area contributed by atoms with E-state index in [-0.39, 0.29) is 16.0 Å². The highest BCUT2D eigenvalue weighted by molar-refractivity contribution is 7.89. The van der Waals surface area contributed by atoms with E-state index in [0.29, 0.717) is 16.9 Å². The first kappa shape index (κ1) is 21.3. The lowest BCUT2D eigenvalue weighted by Gasteiger charge is -2.15. The minimum Gasteiger partial charge on any atom is -0.308 e. The smallest absolute Gasteiger partial charge is 0.308 e. The predicted molar refractivity (Wildman–Crippen MR) is 119 cm³/mol. The zero-order chi connectivity index (χ0) is 22.0. The number of carbonyl (C=O) groups is 1. The molecule has 0 heterocycles. The van der Waals surface area contributed by atoms with Crippen LogP contribution in [0.3, 0.4) is 0 Å². The first-order valence-corrected chi connectivity index (χ1v) is 11.4. The van der Waals surface area contributed by atoms with Crippen LogP contribution >= 0.6 is 11.6 Å². The van der Waals surface area contributed by atoms with Crippen molar-refractivity contribution >= 4 is 39.0 Å². The number of halogens is 2. The Morgan fingerprint density at radius 3 is 2.39 bits per heavy atom. The lowest BCUT2D eigenvalue weighted by molar-refractivity contribution is 0.262. The van der Waals surface area contributed by atoms with Crippen molar-refractivity contribution in [2.75, 3.05) is 10.6 Å². The molecule has 1 aliphatic carbocycles. The van der Waals surface area contributed by atoms with Crippen LogP contribution < -0.4 is 15.4 Å². The quantitative estimate of drug-likeness (QED) is 0.471. The second kappa shape index (κ2) is 8.66. The number of urea groups is 1. The molecule has 1 fully saturated rings. The average molecular weight is 460 g/mol. The first-order valence-electron chi connectivity index (χ1n) is 9.57. The van der Waals surface area contributed by atoms with E-state index in [1.165, 1.54) is 24.3 Å². The van der Waals surface area contributed by atoms with Crippen molar-refractivity contribution in [3.05, 3.63) is 77.6 Å². The van der Waals surface area contributed by atoms with E-state index in [9.17, 15) is 17.6 Å². The Balaban J connectivity index is 1.64. The van der Waals surface area contributed by atoms with Gasteiger partial charge in [-0.25, -0.2) is 22.3 Å². The molecule has 0 atom stereocenters. The number of rotatable bonds is 6. The number of hydrogen-bond acceptors (Lipinski definition) is 3. The Bertz CT molecular complexity index is 1230. The zero-order valence-electron chi connectivity index (χ0n) is 16.2. The molecule has 9 heteroatoms. The van der Waals surface area contributed by atoms with Gasteiger partial charge >= 0.3 is 6.03 Å². The Hall–Kier alpha value is -2.94. The second-order valence-corrected chi connectivity index (χ2v) is 9.30. The second-order valence-electron chi connectivity index (χ2n) is 7.18. The third kappa shape index (κ3) is 5.22. The van der Waals surface area contributed by atoms with Gasteiger partial charge in [-0.15, -0.1) is 0 Å². The molecule has 0 saturated heterocycles. The van der Waals surface area contributed by atoms with E-state index in [1.807, 2.05) is 30.3 Å². The maximum atomic E-state index is 13.4. The summed E-state index contributed by atoms with van der Waals surface area (Å²) in [6, 6.07) is 17.0. The van der Waals surface area contributed by atoms with Crippen LogP contribution in [-0.4, -0.2) is 20.5 Å². The summed E-state index contributed by atoms with van der Waals surface area (Å²) in [4.78, 5) is 12.6. The van der Waals surface area contributed by atoms with Gasteiger partial charge in [0.25, 0.3) is 0 Å². The summed E-state index contributed by atoms with van der Waals surface area (Å²) in [7, 11) is -3.70. The molecule has 0 aromatic heterocycles. The molecule has 3 N–H and O–H groups in total. The van der Waals surface area contributed by atoms with Crippen LogP contribution in [0.2, 0.25) is 5.02 Å². The van der Waals surface area contributed by atoms with Crippen LogP contribution in [0.1, 0.15) is 12.8 Å². The van der Waals surface area contributed by atoms with Crippen molar-refractivity contribution < 1.29 is 17.6 Å². The number of anilines is 2. The number of nitrogens with one attached hydrogen (secondary N) is 3. The molecule has 0 unspecified atom stereocenters. The van der Waals surface area contributed by atoms with Crippen LogP contribution in [0.15, 0.2) is 71.6 Å². The molecule has 6 nitrogen and oxygen atoms in total. The number of amides is 2. The summed E-state index contributed by atoms with van der Waals surface area (Å²) >= 11 is 5.76. The summed E-state index contributed by atoms with van der Waals surface area (Å²) in [5.74, 6) is -0.597. The molecule has 160 valence electrons. The minimum absolute atomic E-state index is 0.0401. The Labute approximate surface area is 184 Å². The van der Waals surface area contributed by atoms with Crippen LogP contribution in [0.4, 0.5) is 20.6 Å². The van der Waals surface area contributed by atoms with Gasteiger partial charge in [-0.3, -0.25) is 0 Å². The largest absolute Gasteiger partial charge is 0.323 e. The van der Waals surface area contributed by atoms with Crippen molar-refractivity contribution in [2.45, 2.75) is 23.8 Å². The van der Waals surface area contributed by atoms with Crippen LogP contribution in [-0.2, 0) is 10.0 Å². The highest BCUT2D eigenvalue weighted by Crippen LogP contribution is 2.31. The molecule has 0 spiro atoms. The molecule has 2 amide bonds. The van der Waals surface area contributed by atoms with Crippen LogP contribution in [0, 0.1) is 5.82 Å². The fraction of sp³-hybridized carbons (Fsp3) is 0.136. The predicted octanol–water partition coefficient (Wildman–Crippen LogP) is 5.23. The first-order chi connectivity index (χ1) is 14.8. The summed E-state index contributed by atoms with van der Waals surface area (Å²) in [6.07, 6.45) is 1.63. The van der Waals surface area contributed by atoms with Gasteiger partial charge in [0.2, 0.25) is 10.0 Å². The molecule has 0 bridgehead atoms. The molecular formula is C22H19ClFN3O3S. The Morgan fingerprint density at radius 1 is 0.968 bits per heavy atom. The minimum atomic E-state index is -3.70. The van der Waals surface area contributed by atoms with E-state index in [4.69, 9.17) is 11.6 Å². The highest BCUT2D eigenvalue weighted by atomic mass is 35.5. The average Bonchev–Trinajstić information content (AvgIpc) is 3.54. The summed E-state index contributed by atoms with van der Waals surface area (Å²) < 4.78 is 41.3. The van der Waals surface area contributed by atoms with Crippen molar-refractivity contribution in [1.29, 1.82) is 0 Å². The van der Waals surface area contributed by atoms with Gasteiger partial charge in [0.15, 0.2) is 0 Å². The van der Waals surface area contributed by atoms with E-state index in [2.05, 4.69) is 15.4 Å². The fourth-order valence-electron chi connectivity index (χ4n) is 3.01. The third-order valence-corrected chi connectivity index (χ3v) is 6.52. The van der Waals surface area contributed by atoms with E-state index in [0.717, 1.165) is 24.5 Å². The van der Waals surface area contributed by atoms with Crippen molar-refractivity contribution in [1.82, 2.24) is 4.72 Å². The third-order valence-electron chi connectivity index (χ3n) is 4.71. The summed E-state index contributed by atoms with van der Waals surface area (Å²) in [5.41, 5.74) is 2.07. The lowest BCUT2D eigenvalue weighted by atomic mass is 10.0. The normalized spacial score (nSPS) is 13.6. The Kier molecular flexibility index (Phi) is 5.95. The molecule has 1 aliphatic rings. The van der Waals surface area contributed by atoms with Gasteiger partial charge in [0, 0.05) is 17.3 Å². The van der Waals surface area contributed by atoms with E-state index >= 15 is 0 Å². The van der Waals surface area contributed by atoms with Gasteiger partial charge in [-0.2, -0.15) is 0 Å². The van der Waals surface area contributed by atoms with Crippen LogP contribution in [0.25, 0.3) is 11.1 Å². The molecule has 3 aromatic carbocycles. The SMILES string of the molecule is O=C(Nc1ccc(F)c(Cl)c1)Nc1cc(S(=O)(=O)NC2CC2)ccc1-c1ccccc1. The van der Waals surface area contributed by atoms with E-state index in [1.54, 1.807) is 6.07 Å². The monoisotopic (exact) mass is 459 g/mol. The maximum Gasteiger partial charge on any atom is 0.323 e. The lowest BCUT2D eigenvalue weighted by Crippen LogP contribution is -2.26. The molecule has 0 aliphatic heterocycles. The molecule has 31 heavy (non-hydrogen) atoms. The molecular weight excluding hydrogens is 441 g/mol. The Morgan fingerprint density at radius 2 is 1.71 bits per heavy atom. The van der Waals surface area contributed by atoms with Crippen molar-refractivity contribution in [2.24, 2.45) is 0 Å². The van der Waals surface area contributed by atoms with Gasteiger partial charge in [-0.05, 0) is 48.7 Å². The fourth-order valence-corrected chi connectivity index (χ4v) is 4.52.